The number of carbonyl (C=O) groups is 3. The molecule has 0 bridgehead atoms. The molecule has 2 aromatic rings. The molecule has 0 spiro atoms. The monoisotopic (exact) mass is 371 g/mol. The van der Waals surface area contributed by atoms with Crippen LogP contribution >= 0.6 is 11.6 Å². The van der Waals surface area contributed by atoms with Crippen molar-refractivity contribution in [2.45, 2.75) is 32.8 Å². The van der Waals surface area contributed by atoms with Gasteiger partial charge in [-0.2, -0.15) is 0 Å². The number of benzene rings is 2. The summed E-state index contributed by atoms with van der Waals surface area (Å²) in [7, 11) is 0. The molecule has 0 radical (unpaired) electrons. The van der Waals surface area contributed by atoms with Gasteiger partial charge in [-0.15, -0.1) is 0 Å². The maximum atomic E-state index is 12.4. The molecular formula is C20H18ClNO4. The molecule has 0 unspecified atom stereocenters. The van der Waals surface area contributed by atoms with Gasteiger partial charge in [0.05, 0.1) is 5.69 Å². The number of aryl methyl sites for hydroxylation is 1. The number of imide groups is 1. The smallest absolute Gasteiger partial charge is 0.234 e. The van der Waals surface area contributed by atoms with E-state index in [1.165, 1.54) is 4.90 Å². The van der Waals surface area contributed by atoms with E-state index in [1.54, 1.807) is 56.3 Å². The Kier molecular flexibility index (Phi) is 5.09. The number of Topliss-reactive ketones (excluding diaryl/α,β-unsaturated/α-hetero) is 1. The summed E-state index contributed by atoms with van der Waals surface area (Å²) in [6.07, 6.45) is -0.205. The molecule has 3 rings (SSSR count). The zero-order valence-electron chi connectivity index (χ0n) is 14.5. The Morgan fingerprint density at radius 3 is 2.27 bits per heavy atom. The lowest BCUT2D eigenvalue weighted by Crippen LogP contribution is -2.29. The van der Waals surface area contributed by atoms with E-state index in [9.17, 15) is 14.4 Å². The SMILES string of the molecule is Cc1cc(O[C@@H](C)C(=O)c2ccc(Cl)cc2)ccc1N1C(=O)CCC1=O. The lowest BCUT2D eigenvalue weighted by molar-refractivity contribution is -0.121. The topological polar surface area (TPSA) is 63.7 Å². The lowest BCUT2D eigenvalue weighted by Gasteiger charge is -2.19. The Bertz CT molecular complexity index is 860. The van der Waals surface area contributed by atoms with E-state index in [2.05, 4.69) is 0 Å². The largest absolute Gasteiger partial charge is 0.483 e. The van der Waals surface area contributed by atoms with Crippen molar-refractivity contribution in [2.75, 3.05) is 4.90 Å². The summed E-state index contributed by atoms with van der Waals surface area (Å²) in [6, 6.07) is 11.7. The number of anilines is 1. The molecule has 26 heavy (non-hydrogen) atoms. The highest BCUT2D eigenvalue weighted by Gasteiger charge is 2.31. The van der Waals surface area contributed by atoms with Crippen LogP contribution in [0.3, 0.4) is 0 Å². The van der Waals surface area contributed by atoms with Crippen molar-refractivity contribution in [1.82, 2.24) is 0 Å². The van der Waals surface area contributed by atoms with E-state index < -0.39 is 6.10 Å². The zero-order valence-corrected chi connectivity index (χ0v) is 15.2. The predicted octanol–water partition coefficient (Wildman–Crippen LogP) is 3.95. The van der Waals surface area contributed by atoms with Gasteiger partial charge in [0.1, 0.15) is 5.75 Å². The van der Waals surface area contributed by atoms with E-state index in [0.29, 0.717) is 22.0 Å². The van der Waals surface area contributed by atoms with Crippen LogP contribution in [0.4, 0.5) is 5.69 Å². The maximum absolute atomic E-state index is 12.4. The fraction of sp³-hybridized carbons (Fsp3) is 0.250. The maximum Gasteiger partial charge on any atom is 0.234 e. The first-order valence-electron chi connectivity index (χ1n) is 8.29. The van der Waals surface area contributed by atoms with Gasteiger partial charge in [-0.05, 0) is 61.9 Å². The van der Waals surface area contributed by atoms with Crippen LogP contribution in [0.15, 0.2) is 42.5 Å². The second-order valence-corrected chi connectivity index (χ2v) is 6.64. The molecule has 2 aromatic carbocycles. The number of nitrogens with zero attached hydrogens (tertiary/aromatic N) is 1. The highest BCUT2D eigenvalue weighted by atomic mass is 35.5. The Morgan fingerprint density at radius 2 is 1.69 bits per heavy atom. The summed E-state index contributed by atoms with van der Waals surface area (Å²) in [5.74, 6) is -0.0513. The molecule has 0 aromatic heterocycles. The van der Waals surface area contributed by atoms with Gasteiger partial charge in [-0.3, -0.25) is 19.3 Å². The molecule has 0 aliphatic carbocycles. The number of hydrogen-bond donors (Lipinski definition) is 0. The van der Waals surface area contributed by atoms with Crippen molar-refractivity contribution in [3.05, 3.63) is 58.6 Å². The standard InChI is InChI=1S/C20H18ClNO4/c1-12-11-16(7-8-17(12)22-18(23)9-10-19(22)24)26-13(2)20(25)14-3-5-15(21)6-4-14/h3-8,11,13H,9-10H2,1-2H3/t13-/m0/s1. The fourth-order valence-corrected chi connectivity index (χ4v) is 3.03. The molecule has 6 heteroatoms. The lowest BCUT2D eigenvalue weighted by atomic mass is 10.1. The fourth-order valence-electron chi connectivity index (χ4n) is 2.90. The summed E-state index contributed by atoms with van der Waals surface area (Å²) in [4.78, 5) is 37.4. The molecule has 5 nitrogen and oxygen atoms in total. The summed E-state index contributed by atoms with van der Waals surface area (Å²) in [6.45, 7) is 3.47. The Balaban J connectivity index is 1.75. The number of rotatable bonds is 5. The van der Waals surface area contributed by atoms with Gasteiger partial charge in [0.25, 0.3) is 0 Å². The minimum atomic E-state index is -0.684. The van der Waals surface area contributed by atoms with Crippen molar-refractivity contribution in [3.8, 4) is 5.75 Å². The van der Waals surface area contributed by atoms with Crippen LogP contribution in [0.2, 0.25) is 5.02 Å². The van der Waals surface area contributed by atoms with E-state index in [-0.39, 0.29) is 30.4 Å². The van der Waals surface area contributed by atoms with Crippen LogP contribution in [-0.2, 0) is 9.59 Å². The first-order chi connectivity index (χ1) is 12.4. The first kappa shape index (κ1) is 18.1. The molecule has 1 aliphatic rings. The molecule has 134 valence electrons. The number of ketones is 1. The number of ether oxygens (including phenoxy) is 1. The van der Waals surface area contributed by atoms with E-state index >= 15 is 0 Å². The van der Waals surface area contributed by atoms with E-state index in [4.69, 9.17) is 16.3 Å². The van der Waals surface area contributed by atoms with Gasteiger partial charge in [-0.1, -0.05) is 11.6 Å². The van der Waals surface area contributed by atoms with Crippen LogP contribution in [-0.4, -0.2) is 23.7 Å². The van der Waals surface area contributed by atoms with Crippen molar-refractivity contribution in [2.24, 2.45) is 0 Å². The van der Waals surface area contributed by atoms with E-state index in [1.807, 2.05) is 0 Å². The van der Waals surface area contributed by atoms with Crippen molar-refractivity contribution >= 4 is 34.9 Å². The zero-order chi connectivity index (χ0) is 18.8. The van der Waals surface area contributed by atoms with Gasteiger partial charge in [-0.25, -0.2) is 0 Å². The Labute approximate surface area is 156 Å². The number of carbonyl (C=O) groups excluding carboxylic acids is 3. The average molecular weight is 372 g/mol. The third kappa shape index (κ3) is 3.63. The first-order valence-corrected chi connectivity index (χ1v) is 8.67. The minimum Gasteiger partial charge on any atom is -0.483 e. The van der Waals surface area contributed by atoms with Gasteiger partial charge >= 0.3 is 0 Å². The number of hydrogen-bond acceptors (Lipinski definition) is 4. The molecule has 1 fully saturated rings. The minimum absolute atomic E-state index is 0.159. The molecule has 1 saturated heterocycles. The highest BCUT2D eigenvalue weighted by molar-refractivity contribution is 6.30. The third-order valence-corrected chi connectivity index (χ3v) is 4.52. The van der Waals surface area contributed by atoms with Crippen LogP contribution in [0.1, 0.15) is 35.7 Å². The third-order valence-electron chi connectivity index (χ3n) is 4.27. The quantitative estimate of drug-likeness (QED) is 0.589. The molecule has 1 aliphatic heterocycles. The van der Waals surface area contributed by atoms with Crippen molar-refractivity contribution < 1.29 is 19.1 Å². The molecule has 1 atom stereocenters. The van der Waals surface area contributed by atoms with Gasteiger partial charge in [0, 0.05) is 23.4 Å². The molecule has 2 amide bonds. The van der Waals surface area contributed by atoms with Crippen molar-refractivity contribution in [3.63, 3.8) is 0 Å². The van der Waals surface area contributed by atoms with Crippen LogP contribution in [0, 0.1) is 6.92 Å². The second-order valence-electron chi connectivity index (χ2n) is 6.20. The van der Waals surface area contributed by atoms with Gasteiger partial charge < -0.3 is 4.74 Å². The molecular weight excluding hydrogens is 354 g/mol. The van der Waals surface area contributed by atoms with Crippen molar-refractivity contribution in [1.29, 1.82) is 0 Å². The average Bonchev–Trinajstić information content (AvgIpc) is 2.94. The van der Waals surface area contributed by atoms with Crippen LogP contribution < -0.4 is 9.64 Å². The number of halogens is 1. The van der Waals surface area contributed by atoms with Gasteiger partial charge in [0.15, 0.2) is 6.10 Å². The van der Waals surface area contributed by atoms with Crippen LogP contribution in [0.5, 0.6) is 5.75 Å². The summed E-state index contributed by atoms with van der Waals surface area (Å²) in [5.41, 5.74) is 1.81. The highest BCUT2D eigenvalue weighted by Crippen LogP contribution is 2.29. The summed E-state index contributed by atoms with van der Waals surface area (Å²) < 4.78 is 5.74. The normalized spacial score (nSPS) is 15.3. The Hall–Kier alpha value is -2.66. The predicted molar refractivity (Wildman–Crippen MR) is 98.8 cm³/mol. The van der Waals surface area contributed by atoms with Crippen LogP contribution in [0.25, 0.3) is 0 Å². The van der Waals surface area contributed by atoms with E-state index in [0.717, 1.165) is 5.56 Å². The Morgan fingerprint density at radius 1 is 1.08 bits per heavy atom. The summed E-state index contributed by atoms with van der Waals surface area (Å²) >= 11 is 5.84. The van der Waals surface area contributed by atoms with Gasteiger partial charge in [0.2, 0.25) is 17.6 Å². The second kappa shape index (κ2) is 7.30. The molecule has 0 saturated carbocycles. The summed E-state index contributed by atoms with van der Waals surface area (Å²) in [5, 5.41) is 0.562. The number of amides is 2. The molecule has 1 heterocycles. The molecule has 0 N–H and O–H groups in total.